The summed E-state index contributed by atoms with van der Waals surface area (Å²) in [6.45, 7) is 6.55. The molecule has 0 aromatic carbocycles. The van der Waals surface area contributed by atoms with Gasteiger partial charge in [-0.15, -0.1) is 0 Å². The van der Waals surface area contributed by atoms with Crippen molar-refractivity contribution in [2.45, 2.75) is 64.9 Å². The van der Waals surface area contributed by atoms with Gasteiger partial charge in [-0.1, -0.05) is 39.5 Å². The Morgan fingerprint density at radius 1 is 1.24 bits per heavy atom. The quantitative estimate of drug-likeness (QED) is 0.716. The maximum absolute atomic E-state index is 10.0. The third-order valence-corrected chi connectivity index (χ3v) is 5.05. The molecule has 0 bridgehead atoms. The first-order valence-electron chi connectivity index (χ1n) is 7.51. The van der Waals surface area contributed by atoms with Gasteiger partial charge >= 0.3 is 0 Å². The van der Waals surface area contributed by atoms with Crippen LogP contribution in [0.5, 0.6) is 0 Å². The minimum Gasteiger partial charge on any atom is -0.392 e. The summed E-state index contributed by atoms with van der Waals surface area (Å²) >= 11 is 0. The highest BCUT2D eigenvalue weighted by Gasteiger charge is 2.44. The fourth-order valence-corrected chi connectivity index (χ4v) is 3.32. The molecule has 17 heavy (non-hydrogen) atoms. The van der Waals surface area contributed by atoms with Crippen molar-refractivity contribution in [2.75, 3.05) is 13.1 Å². The van der Waals surface area contributed by atoms with Gasteiger partial charge in [0.1, 0.15) is 0 Å². The van der Waals surface area contributed by atoms with Gasteiger partial charge in [-0.2, -0.15) is 0 Å². The molecule has 0 aromatic rings. The van der Waals surface area contributed by atoms with Crippen molar-refractivity contribution in [3.8, 4) is 0 Å². The van der Waals surface area contributed by atoms with Crippen LogP contribution in [-0.4, -0.2) is 24.3 Å². The fraction of sp³-hybridized carbons (Fsp3) is 1.00. The van der Waals surface area contributed by atoms with E-state index in [1.807, 2.05) is 0 Å². The molecule has 2 N–H and O–H groups in total. The molecule has 2 nitrogen and oxygen atoms in total. The lowest BCUT2D eigenvalue weighted by Crippen LogP contribution is -2.34. The molecule has 0 heterocycles. The van der Waals surface area contributed by atoms with Crippen LogP contribution in [0.15, 0.2) is 0 Å². The van der Waals surface area contributed by atoms with Crippen LogP contribution < -0.4 is 5.32 Å². The van der Waals surface area contributed by atoms with Gasteiger partial charge in [0.2, 0.25) is 0 Å². The van der Waals surface area contributed by atoms with Gasteiger partial charge in [0.25, 0.3) is 0 Å². The summed E-state index contributed by atoms with van der Waals surface area (Å²) in [5.41, 5.74) is 0.563. The predicted octanol–water partition coefficient (Wildman–Crippen LogP) is 2.95. The van der Waals surface area contributed by atoms with Crippen LogP contribution in [-0.2, 0) is 0 Å². The van der Waals surface area contributed by atoms with E-state index in [1.165, 1.54) is 38.5 Å². The Hall–Kier alpha value is -0.0800. The minimum absolute atomic E-state index is 0.124. The highest BCUT2D eigenvalue weighted by Crippen LogP contribution is 2.51. The van der Waals surface area contributed by atoms with Crippen LogP contribution in [0, 0.1) is 17.3 Å². The van der Waals surface area contributed by atoms with Crippen molar-refractivity contribution in [3.05, 3.63) is 0 Å². The highest BCUT2D eigenvalue weighted by atomic mass is 16.3. The van der Waals surface area contributed by atoms with Gasteiger partial charge in [0.15, 0.2) is 0 Å². The molecule has 1 atom stereocenters. The molecule has 2 aliphatic carbocycles. The van der Waals surface area contributed by atoms with Crippen LogP contribution in [0.4, 0.5) is 0 Å². The summed E-state index contributed by atoms with van der Waals surface area (Å²) in [4.78, 5) is 0. The molecule has 0 aliphatic heterocycles. The van der Waals surface area contributed by atoms with Gasteiger partial charge in [-0.25, -0.2) is 0 Å². The second-order valence-electron chi connectivity index (χ2n) is 6.69. The molecule has 0 saturated heterocycles. The first-order chi connectivity index (χ1) is 8.12. The first kappa shape index (κ1) is 13.4. The molecular weight excluding hydrogens is 210 g/mol. The molecule has 2 heteroatoms. The van der Waals surface area contributed by atoms with Crippen molar-refractivity contribution >= 4 is 0 Å². The average Bonchev–Trinajstić information content (AvgIpc) is 2.90. The molecule has 100 valence electrons. The number of hydrogen-bond donors (Lipinski definition) is 2. The number of hydrogen-bond acceptors (Lipinski definition) is 2. The summed E-state index contributed by atoms with van der Waals surface area (Å²) in [6.07, 6.45) is 9.07. The Kier molecular flexibility index (Phi) is 4.48. The zero-order chi connectivity index (χ0) is 12.3. The van der Waals surface area contributed by atoms with E-state index < -0.39 is 0 Å². The van der Waals surface area contributed by atoms with Crippen LogP contribution in [0.1, 0.15) is 58.8 Å². The van der Waals surface area contributed by atoms with Crippen LogP contribution in [0.2, 0.25) is 0 Å². The Morgan fingerprint density at radius 3 is 2.41 bits per heavy atom. The topological polar surface area (TPSA) is 32.3 Å². The molecule has 2 rings (SSSR count). The third-order valence-electron chi connectivity index (χ3n) is 5.05. The van der Waals surface area contributed by atoms with Gasteiger partial charge in [0.05, 0.1) is 6.10 Å². The summed E-state index contributed by atoms with van der Waals surface area (Å²) in [5.74, 6) is 1.58. The Morgan fingerprint density at radius 2 is 1.88 bits per heavy atom. The molecular formula is C15H29NO. The van der Waals surface area contributed by atoms with E-state index in [9.17, 15) is 5.11 Å². The van der Waals surface area contributed by atoms with Gasteiger partial charge in [-0.05, 0) is 36.5 Å². The lowest BCUT2D eigenvalue weighted by atomic mass is 9.92. The van der Waals surface area contributed by atoms with Crippen molar-refractivity contribution in [3.63, 3.8) is 0 Å². The van der Waals surface area contributed by atoms with Crippen molar-refractivity contribution < 1.29 is 5.11 Å². The number of aliphatic hydroxyl groups excluding tert-OH is 1. The zero-order valence-electron chi connectivity index (χ0n) is 11.5. The molecule has 1 unspecified atom stereocenters. The number of aliphatic hydroxyl groups is 1. The van der Waals surface area contributed by atoms with Crippen molar-refractivity contribution in [2.24, 2.45) is 17.3 Å². The zero-order valence-corrected chi connectivity index (χ0v) is 11.5. The van der Waals surface area contributed by atoms with Gasteiger partial charge in [-0.3, -0.25) is 0 Å². The Labute approximate surface area is 106 Å². The predicted molar refractivity (Wildman–Crippen MR) is 72.0 cm³/mol. The van der Waals surface area contributed by atoms with Crippen molar-refractivity contribution in [1.29, 1.82) is 0 Å². The lowest BCUT2D eigenvalue weighted by Gasteiger charge is -2.22. The van der Waals surface area contributed by atoms with E-state index in [0.717, 1.165) is 31.3 Å². The molecule has 0 radical (unpaired) electrons. The molecule has 0 amide bonds. The summed E-state index contributed by atoms with van der Waals surface area (Å²) in [6, 6.07) is 0. The SMILES string of the molecule is CC(C)C1(CNCC(O)CC2CCCC2)CC1. The molecule has 0 aromatic heterocycles. The van der Waals surface area contributed by atoms with E-state index in [4.69, 9.17) is 0 Å². The number of rotatable bonds is 7. The van der Waals surface area contributed by atoms with E-state index in [0.29, 0.717) is 5.41 Å². The largest absolute Gasteiger partial charge is 0.392 e. The summed E-state index contributed by atoms with van der Waals surface area (Å²) in [7, 11) is 0. The summed E-state index contributed by atoms with van der Waals surface area (Å²) in [5, 5.41) is 13.5. The standard InChI is InChI=1S/C15H29NO/c1-12(2)15(7-8-15)11-16-10-14(17)9-13-5-3-4-6-13/h12-14,16-17H,3-11H2,1-2H3. The molecule has 0 spiro atoms. The monoisotopic (exact) mass is 239 g/mol. The second kappa shape index (κ2) is 5.71. The molecule has 2 saturated carbocycles. The third kappa shape index (κ3) is 3.69. The number of nitrogens with one attached hydrogen (secondary N) is 1. The average molecular weight is 239 g/mol. The molecule has 2 aliphatic rings. The van der Waals surface area contributed by atoms with E-state index in [2.05, 4.69) is 19.2 Å². The van der Waals surface area contributed by atoms with Gasteiger partial charge in [0, 0.05) is 13.1 Å². The maximum Gasteiger partial charge on any atom is 0.0667 e. The van der Waals surface area contributed by atoms with Crippen molar-refractivity contribution in [1.82, 2.24) is 5.32 Å². The van der Waals surface area contributed by atoms with E-state index in [1.54, 1.807) is 0 Å². The minimum atomic E-state index is -0.124. The lowest BCUT2D eigenvalue weighted by molar-refractivity contribution is 0.137. The van der Waals surface area contributed by atoms with E-state index >= 15 is 0 Å². The van der Waals surface area contributed by atoms with Crippen LogP contribution in [0.3, 0.4) is 0 Å². The van der Waals surface area contributed by atoms with Crippen LogP contribution >= 0.6 is 0 Å². The fourth-order valence-electron chi connectivity index (χ4n) is 3.32. The first-order valence-corrected chi connectivity index (χ1v) is 7.51. The second-order valence-corrected chi connectivity index (χ2v) is 6.69. The smallest absolute Gasteiger partial charge is 0.0667 e. The maximum atomic E-state index is 10.0. The van der Waals surface area contributed by atoms with Gasteiger partial charge < -0.3 is 10.4 Å². The van der Waals surface area contributed by atoms with E-state index in [-0.39, 0.29) is 6.10 Å². The Bertz CT molecular complexity index is 229. The van der Waals surface area contributed by atoms with Crippen LogP contribution in [0.25, 0.3) is 0 Å². The Balaban J connectivity index is 1.58. The molecule has 2 fully saturated rings. The highest BCUT2D eigenvalue weighted by molar-refractivity contribution is 4.97. The normalized spacial score (nSPS) is 25.4. The summed E-state index contributed by atoms with van der Waals surface area (Å²) < 4.78 is 0.